The number of benzene rings is 2. The summed E-state index contributed by atoms with van der Waals surface area (Å²) in [6, 6.07) is 13.4. The van der Waals surface area contributed by atoms with Crippen molar-refractivity contribution in [2.24, 2.45) is 0 Å². The van der Waals surface area contributed by atoms with Gasteiger partial charge < -0.3 is 0 Å². The highest BCUT2D eigenvalue weighted by atomic mass is 35.5. The molecule has 0 aliphatic heterocycles. The third-order valence-corrected chi connectivity index (χ3v) is 4.99. The van der Waals surface area contributed by atoms with Gasteiger partial charge in [0.15, 0.2) is 0 Å². The highest BCUT2D eigenvalue weighted by Crippen LogP contribution is 2.27. The van der Waals surface area contributed by atoms with Crippen molar-refractivity contribution in [2.75, 3.05) is 5.75 Å². The van der Waals surface area contributed by atoms with Crippen LogP contribution in [0.4, 0.5) is 0 Å². The van der Waals surface area contributed by atoms with Gasteiger partial charge in [-0.3, -0.25) is 4.79 Å². The summed E-state index contributed by atoms with van der Waals surface area (Å²) in [6.07, 6.45) is 0.318. The molecule has 0 radical (unpaired) electrons. The third-order valence-electron chi connectivity index (χ3n) is 2.90. The first-order valence-electron chi connectivity index (χ1n) is 6.21. The number of ketones is 1. The molecule has 0 spiro atoms. The number of halogens is 2. The summed E-state index contributed by atoms with van der Waals surface area (Å²) < 4.78 is 0. The highest BCUT2D eigenvalue weighted by Gasteiger charge is 2.10. The Bertz CT molecular complexity index is 626. The van der Waals surface area contributed by atoms with Crippen molar-refractivity contribution < 1.29 is 4.79 Å². The van der Waals surface area contributed by atoms with Crippen LogP contribution >= 0.6 is 35.0 Å². The maximum Gasteiger partial charge on any atom is 0.147 e. The van der Waals surface area contributed by atoms with Crippen molar-refractivity contribution in [3.05, 3.63) is 63.6 Å². The van der Waals surface area contributed by atoms with Gasteiger partial charge in [-0.05, 0) is 30.2 Å². The van der Waals surface area contributed by atoms with Gasteiger partial charge in [0.25, 0.3) is 0 Å². The molecule has 0 saturated heterocycles. The lowest BCUT2D eigenvalue weighted by atomic mass is 10.1. The molecule has 4 heteroatoms. The summed E-state index contributed by atoms with van der Waals surface area (Å²) in [5.41, 5.74) is 1.97. The molecular weight excluding hydrogens is 311 g/mol. The minimum atomic E-state index is 0.141. The van der Waals surface area contributed by atoms with E-state index in [1.165, 1.54) is 5.56 Å². The van der Waals surface area contributed by atoms with E-state index in [4.69, 9.17) is 23.2 Å². The van der Waals surface area contributed by atoms with E-state index >= 15 is 0 Å². The van der Waals surface area contributed by atoms with Gasteiger partial charge in [0.2, 0.25) is 0 Å². The largest absolute Gasteiger partial charge is 0.298 e. The van der Waals surface area contributed by atoms with Crippen LogP contribution in [0.3, 0.4) is 0 Å². The fourth-order valence-corrected chi connectivity index (χ4v) is 3.10. The fourth-order valence-electron chi connectivity index (χ4n) is 1.83. The standard InChI is InChI=1S/C16H14Cl2OS/c1-11-5-2-3-8-15(11)20-10-13(19)9-12-6-4-7-14(17)16(12)18/h2-8H,9-10H2,1H3. The van der Waals surface area contributed by atoms with Crippen molar-refractivity contribution in [1.82, 2.24) is 0 Å². The minimum absolute atomic E-state index is 0.141. The Morgan fingerprint density at radius 2 is 1.85 bits per heavy atom. The van der Waals surface area contributed by atoms with Crippen LogP contribution in [0.15, 0.2) is 47.4 Å². The Kier molecular flexibility index (Phi) is 5.53. The summed E-state index contributed by atoms with van der Waals surface area (Å²) in [4.78, 5) is 13.2. The Balaban J connectivity index is 1.96. The van der Waals surface area contributed by atoms with Crippen molar-refractivity contribution in [1.29, 1.82) is 0 Å². The van der Waals surface area contributed by atoms with Gasteiger partial charge in [-0.15, -0.1) is 11.8 Å². The van der Waals surface area contributed by atoms with Crippen LogP contribution in [0.2, 0.25) is 10.0 Å². The molecule has 0 bridgehead atoms. The van der Waals surface area contributed by atoms with Gasteiger partial charge in [0, 0.05) is 11.3 Å². The summed E-state index contributed by atoms with van der Waals surface area (Å²) >= 11 is 13.6. The normalized spacial score (nSPS) is 10.6. The molecule has 1 nitrogen and oxygen atoms in total. The van der Waals surface area contributed by atoms with Gasteiger partial charge in [-0.2, -0.15) is 0 Å². The quantitative estimate of drug-likeness (QED) is 0.702. The number of hydrogen-bond acceptors (Lipinski definition) is 2. The molecule has 2 aromatic rings. The van der Waals surface area contributed by atoms with E-state index in [2.05, 4.69) is 0 Å². The summed E-state index contributed by atoms with van der Waals surface area (Å²) in [5, 5.41) is 0.965. The molecule has 0 heterocycles. The molecule has 2 rings (SSSR count). The van der Waals surface area contributed by atoms with E-state index in [0.29, 0.717) is 22.2 Å². The maximum atomic E-state index is 12.0. The molecule has 0 saturated carbocycles. The summed E-state index contributed by atoms with van der Waals surface area (Å²) in [5.74, 6) is 0.579. The van der Waals surface area contributed by atoms with Crippen LogP contribution < -0.4 is 0 Å². The molecule has 0 N–H and O–H groups in total. The van der Waals surface area contributed by atoms with Gasteiger partial charge >= 0.3 is 0 Å². The smallest absolute Gasteiger partial charge is 0.147 e. The second-order valence-corrected chi connectivity index (χ2v) is 6.28. The number of hydrogen-bond donors (Lipinski definition) is 0. The highest BCUT2D eigenvalue weighted by molar-refractivity contribution is 8.00. The summed E-state index contributed by atoms with van der Waals surface area (Å²) in [7, 11) is 0. The Morgan fingerprint density at radius 3 is 2.60 bits per heavy atom. The van der Waals surface area contributed by atoms with Crippen LogP contribution in [0.1, 0.15) is 11.1 Å². The predicted octanol–water partition coefficient (Wildman–Crippen LogP) is 5.21. The van der Waals surface area contributed by atoms with Crippen molar-refractivity contribution in [2.45, 2.75) is 18.2 Å². The molecule has 2 aromatic carbocycles. The average molecular weight is 325 g/mol. The second kappa shape index (κ2) is 7.16. The van der Waals surface area contributed by atoms with E-state index in [9.17, 15) is 4.79 Å². The SMILES string of the molecule is Cc1ccccc1SCC(=O)Cc1cccc(Cl)c1Cl. The lowest BCUT2D eigenvalue weighted by Gasteiger charge is -2.06. The number of carbonyl (C=O) groups excluding carboxylic acids is 1. The molecule has 0 unspecified atom stereocenters. The first kappa shape index (κ1) is 15.4. The van der Waals surface area contributed by atoms with Crippen LogP contribution in [0.5, 0.6) is 0 Å². The predicted molar refractivity (Wildman–Crippen MR) is 87.1 cm³/mol. The van der Waals surface area contributed by atoms with Gasteiger partial charge in [0.05, 0.1) is 15.8 Å². The van der Waals surface area contributed by atoms with Gasteiger partial charge in [0.1, 0.15) is 5.78 Å². The van der Waals surface area contributed by atoms with Crippen LogP contribution in [-0.2, 0) is 11.2 Å². The Labute approximate surface area is 133 Å². The second-order valence-electron chi connectivity index (χ2n) is 4.48. The molecule has 0 aliphatic rings. The topological polar surface area (TPSA) is 17.1 Å². The first-order chi connectivity index (χ1) is 9.58. The van der Waals surface area contributed by atoms with Crippen LogP contribution in [-0.4, -0.2) is 11.5 Å². The average Bonchev–Trinajstić information content (AvgIpc) is 2.43. The molecule has 0 amide bonds. The van der Waals surface area contributed by atoms with Gasteiger partial charge in [-0.25, -0.2) is 0 Å². The number of Topliss-reactive ketones (excluding diaryl/α,β-unsaturated/α-hetero) is 1. The zero-order valence-electron chi connectivity index (χ0n) is 11.0. The molecular formula is C16H14Cl2OS. The molecule has 0 fully saturated rings. The van der Waals surface area contributed by atoms with Gasteiger partial charge in [-0.1, -0.05) is 53.5 Å². The zero-order valence-corrected chi connectivity index (χ0v) is 13.4. The molecule has 0 aromatic heterocycles. The third kappa shape index (κ3) is 4.02. The van der Waals surface area contributed by atoms with Crippen LogP contribution in [0, 0.1) is 6.92 Å². The number of thioether (sulfide) groups is 1. The molecule has 0 aliphatic carbocycles. The summed E-state index contributed by atoms with van der Waals surface area (Å²) in [6.45, 7) is 2.04. The van der Waals surface area contributed by atoms with E-state index in [1.807, 2.05) is 43.3 Å². The fraction of sp³-hybridized carbons (Fsp3) is 0.188. The monoisotopic (exact) mass is 324 g/mol. The zero-order chi connectivity index (χ0) is 14.5. The van der Waals surface area contributed by atoms with Crippen molar-refractivity contribution in [3.8, 4) is 0 Å². The molecule has 20 heavy (non-hydrogen) atoms. The van der Waals surface area contributed by atoms with E-state index in [1.54, 1.807) is 17.8 Å². The van der Waals surface area contributed by atoms with E-state index in [-0.39, 0.29) is 5.78 Å². The van der Waals surface area contributed by atoms with Crippen molar-refractivity contribution in [3.63, 3.8) is 0 Å². The molecule has 104 valence electrons. The number of carbonyl (C=O) groups is 1. The first-order valence-corrected chi connectivity index (χ1v) is 7.95. The molecule has 0 atom stereocenters. The van der Waals surface area contributed by atoms with E-state index < -0.39 is 0 Å². The van der Waals surface area contributed by atoms with Crippen molar-refractivity contribution >= 4 is 40.7 Å². The van der Waals surface area contributed by atoms with E-state index in [0.717, 1.165) is 10.5 Å². The minimum Gasteiger partial charge on any atom is -0.298 e. The lowest BCUT2D eigenvalue weighted by molar-refractivity contribution is -0.116. The maximum absolute atomic E-state index is 12.0. The van der Waals surface area contributed by atoms with Crippen LogP contribution in [0.25, 0.3) is 0 Å². The Morgan fingerprint density at radius 1 is 1.10 bits per heavy atom. The lowest BCUT2D eigenvalue weighted by Crippen LogP contribution is -2.06. The number of aryl methyl sites for hydroxylation is 1. The number of rotatable bonds is 5. The Hall–Kier alpha value is -0.960.